The second kappa shape index (κ2) is 8.83. The SMILES string of the molecule is CC(C)CC(=O)Nc1cccc(CNc2ccc(S(N)(=O)=O)c(C(F)(F)F)c2)c1. The molecule has 0 aliphatic rings. The molecule has 0 aromatic heterocycles. The predicted molar refractivity (Wildman–Crippen MR) is 105 cm³/mol. The number of sulfonamides is 1. The van der Waals surface area contributed by atoms with Crippen molar-refractivity contribution in [1.82, 2.24) is 0 Å². The molecule has 158 valence electrons. The largest absolute Gasteiger partial charge is 0.417 e. The van der Waals surface area contributed by atoms with Gasteiger partial charge in [0.15, 0.2) is 0 Å². The highest BCUT2D eigenvalue weighted by molar-refractivity contribution is 7.89. The third kappa shape index (κ3) is 6.75. The zero-order valence-electron chi connectivity index (χ0n) is 15.9. The Morgan fingerprint density at radius 2 is 1.79 bits per heavy atom. The number of carbonyl (C=O) groups excluding carboxylic acids is 1. The Kier molecular flexibility index (Phi) is 6.91. The van der Waals surface area contributed by atoms with Crippen LogP contribution < -0.4 is 15.8 Å². The minimum absolute atomic E-state index is 0.0824. The van der Waals surface area contributed by atoms with Crippen molar-refractivity contribution in [3.63, 3.8) is 0 Å². The van der Waals surface area contributed by atoms with E-state index >= 15 is 0 Å². The molecular weight excluding hydrogens is 407 g/mol. The molecule has 0 radical (unpaired) electrons. The summed E-state index contributed by atoms with van der Waals surface area (Å²) >= 11 is 0. The second-order valence-electron chi connectivity index (χ2n) is 6.95. The van der Waals surface area contributed by atoms with E-state index in [1.165, 1.54) is 6.07 Å². The van der Waals surface area contributed by atoms with Crippen LogP contribution in [0.25, 0.3) is 0 Å². The lowest BCUT2D eigenvalue weighted by Gasteiger charge is -2.14. The number of rotatable bonds is 7. The Hall–Kier alpha value is -2.59. The van der Waals surface area contributed by atoms with E-state index < -0.39 is 26.7 Å². The first-order valence-electron chi connectivity index (χ1n) is 8.73. The number of anilines is 2. The van der Waals surface area contributed by atoms with Crippen molar-refractivity contribution in [3.8, 4) is 0 Å². The van der Waals surface area contributed by atoms with E-state index in [4.69, 9.17) is 5.14 Å². The van der Waals surface area contributed by atoms with Crippen LogP contribution >= 0.6 is 0 Å². The monoisotopic (exact) mass is 429 g/mol. The summed E-state index contributed by atoms with van der Waals surface area (Å²) in [6.45, 7) is 4.02. The van der Waals surface area contributed by atoms with Gasteiger partial charge in [0.2, 0.25) is 15.9 Å². The minimum Gasteiger partial charge on any atom is -0.381 e. The summed E-state index contributed by atoms with van der Waals surface area (Å²) in [6.07, 6.45) is -4.50. The van der Waals surface area contributed by atoms with Gasteiger partial charge in [0.25, 0.3) is 0 Å². The van der Waals surface area contributed by atoms with Gasteiger partial charge in [-0.25, -0.2) is 13.6 Å². The zero-order valence-corrected chi connectivity index (χ0v) is 16.7. The summed E-state index contributed by atoms with van der Waals surface area (Å²) in [5, 5.41) is 10.5. The fraction of sp³-hybridized carbons (Fsp3) is 0.316. The van der Waals surface area contributed by atoms with Gasteiger partial charge in [0.05, 0.1) is 10.5 Å². The van der Waals surface area contributed by atoms with Gasteiger partial charge in [-0.3, -0.25) is 4.79 Å². The van der Waals surface area contributed by atoms with Crippen molar-refractivity contribution in [2.75, 3.05) is 10.6 Å². The van der Waals surface area contributed by atoms with E-state index in [0.717, 1.165) is 11.6 Å². The number of alkyl halides is 3. The van der Waals surface area contributed by atoms with Crippen molar-refractivity contribution >= 4 is 27.3 Å². The van der Waals surface area contributed by atoms with E-state index in [0.29, 0.717) is 18.2 Å². The Morgan fingerprint density at radius 3 is 2.38 bits per heavy atom. The van der Waals surface area contributed by atoms with Gasteiger partial charge in [-0.15, -0.1) is 0 Å². The molecule has 4 N–H and O–H groups in total. The van der Waals surface area contributed by atoms with Crippen molar-refractivity contribution in [2.24, 2.45) is 11.1 Å². The van der Waals surface area contributed by atoms with Crippen molar-refractivity contribution in [2.45, 2.75) is 37.9 Å². The lowest BCUT2D eigenvalue weighted by atomic mass is 10.1. The molecule has 0 unspecified atom stereocenters. The predicted octanol–water partition coefficient (Wildman–Crippen LogP) is 3.95. The van der Waals surface area contributed by atoms with Crippen LogP contribution in [0.4, 0.5) is 24.5 Å². The maximum atomic E-state index is 13.2. The molecule has 0 fully saturated rings. The first kappa shape index (κ1) is 22.7. The Balaban J connectivity index is 2.16. The zero-order chi connectivity index (χ0) is 21.8. The molecular formula is C19H22F3N3O3S. The molecule has 0 atom stereocenters. The van der Waals surface area contributed by atoms with Crippen LogP contribution in [-0.4, -0.2) is 14.3 Å². The maximum Gasteiger partial charge on any atom is 0.417 e. The molecule has 1 amide bonds. The highest BCUT2D eigenvalue weighted by Crippen LogP contribution is 2.35. The number of primary sulfonamides is 1. The van der Waals surface area contributed by atoms with Crippen molar-refractivity contribution in [1.29, 1.82) is 0 Å². The molecule has 29 heavy (non-hydrogen) atoms. The van der Waals surface area contributed by atoms with Gasteiger partial charge < -0.3 is 10.6 Å². The third-order valence-electron chi connectivity index (χ3n) is 3.89. The summed E-state index contributed by atoms with van der Waals surface area (Å²) in [5.74, 6) is 0.0847. The Bertz CT molecular complexity index is 990. The summed E-state index contributed by atoms with van der Waals surface area (Å²) < 4.78 is 62.4. The molecule has 0 spiro atoms. The first-order chi connectivity index (χ1) is 13.4. The normalized spacial score (nSPS) is 12.1. The average molecular weight is 429 g/mol. The van der Waals surface area contributed by atoms with Crippen LogP contribution in [-0.2, 0) is 27.5 Å². The molecule has 0 aliphatic carbocycles. The molecule has 0 bridgehead atoms. The van der Waals surface area contributed by atoms with Gasteiger partial charge in [-0.05, 0) is 41.8 Å². The lowest BCUT2D eigenvalue weighted by molar-refractivity contribution is -0.139. The quantitative estimate of drug-likeness (QED) is 0.620. The van der Waals surface area contributed by atoms with Crippen LogP contribution in [0.5, 0.6) is 0 Å². The van der Waals surface area contributed by atoms with E-state index in [9.17, 15) is 26.4 Å². The minimum atomic E-state index is -4.87. The molecule has 10 heteroatoms. The first-order valence-corrected chi connectivity index (χ1v) is 10.3. The smallest absolute Gasteiger partial charge is 0.381 e. The third-order valence-corrected chi connectivity index (χ3v) is 4.86. The number of nitrogens with one attached hydrogen (secondary N) is 2. The second-order valence-corrected chi connectivity index (χ2v) is 8.48. The number of amides is 1. The molecule has 0 heterocycles. The van der Waals surface area contributed by atoms with E-state index in [1.54, 1.807) is 24.3 Å². The van der Waals surface area contributed by atoms with Gasteiger partial charge in [-0.2, -0.15) is 13.2 Å². The van der Waals surface area contributed by atoms with Crippen LogP contribution in [0.15, 0.2) is 47.4 Å². The molecule has 0 saturated carbocycles. The fourth-order valence-electron chi connectivity index (χ4n) is 2.66. The summed E-state index contributed by atoms with van der Waals surface area (Å²) in [4.78, 5) is 10.9. The van der Waals surface area contributed by atoms with Crippen molar-refractivity contribution < 1.29 is 26.4 Å². The van der Waals surface area contributed by atoms with Gasteiger partial charge in [0, 0.05) is 24.3 Å². The van der Waals surface area contributed by atoms with Crippen LogP contribution in [0.3, 0.4) is 0 Å². The summed E-state index contributed by atoms with van der Waals surface area (Å²) in [6, 6.07) is 9.61. The van der Waals surface area contributed by atoms with Crippen LogP contribution in [0.1, 0.15) is 31.4 Å². The molecule has 2 aromatic rings. The molecule has 2 aromatic carbocycles. The maximum absolute atomic E-state index is 13.2. The number of benzene rings is 2. The number of hydrogen-bond acceptors (Lipinski definition) is 4. The fourth-order valence-corrected chi connectivity index (χ4v) is 3.39. The number of nitrogens with two attached hydrogens (primary N) is 1. The molecule has 6 nitrogen and oxygen atoms in total. The number of hydrogen-bond donors (Lipinski definition) is 3. The number of carbonyl (C=O) groups is 1. The summed E-state index contributed by atoms with van der Waals surface area (Å²) in [7, 11) is -4.51. The standard InChI is InChI=1S/C19H22F3N3O3S/c1-12(2)8-18(26)25-15-5-3-4-13(9-15)11-24-14-6-7-17(29(23,27)28)16(10-14)19(20,21)22/h3-7,9-10,12,24H,8,11H2,1-2H3,(H,25,26)(H2,23,27,28). The highest BCUT2D eigenvalue weighted by atomic mass is 32.2. The van der Waals surface area contributed by atoms with E-state index in [1.807, 2.05) is 13.8 Å². The van der Waals surface area contributed by atoms with Crippen LogP contribution in [0, 0.1) is 5.92 Å². The highest BCUT2D eigenvalue weighted by Gasteiger charge is 2.36. The Labute approximate surface area is 167 Å². The van der Waals surface area contributed by atoms with E-state index in [-0.39, 0.29) is 24.1 Å². The topological polar surface area (TPSA) is 101 Å². The van der Waals surface area contributed by atoms with Gasteiger partial charge in [0.1, 0.15) is 0 Å². The van der Waals surface area contributed by atoms with Crippen LogP contribution in [0.2, 0.25) is 0 Å². The summed E-state index contributed by atoms with van der Waals surface area (Å²) in [5.41, 5.74) is 0.0469. The van der Waals surface area contributed by atoms with E-state index in [2.05, 4.69) is 10.6 Å². The van der Waals surface area contributed by atoms with Crippen molar-refractivity contribution in [3.05, 3.63) is 53.6 Å². The molecule has 0 aliphatic heterocycles. The average Bonchev–Trinajstić information content (AvgIpc) is 2.57. The lowest BCUT2D eigenvalue weighted by Crippen LogP contribution is -2.19. The number of halogens is 3. The molecule has 0 saturated heterocycles. The van der Waals surface area contributed by atoms with Gasteiger partial charge in [-0.1, -0.05) is 26.0 Å². The van der Waals surface area contributed by atoms with Gasteiger partial charge >= 0.3 is 6.18 Å². The Morgan fingerprint density at radius 1 is 1.10 bits per heavy atom. The molecule has 2 rings (SSSR count).